The second-order valence-corrected chi connectivity index (χ2v) is 5.29. The molecule has 1 aliphatic rings. The van der Waals surface area contributed by atoms with Crippen molar-refractivity contribution in [3.05, 3.63) is 0 Å². The molecule has 2 heteroatoms. The van der Waals surface area contributed by atoms with E-state index < -0.39 is 0 Å². The lowest BCUT2D eigenvalue weighted by Gasteiger charge is -2.35. The van der Waals surface area contributed by atoms with Crippen LogP contribution in [0.1, 0.15) is 65.7 Å². The maximum absolute atomic E-state index is 6.07. The summed E-state index contributed by atoms with van der Waals surface area (Å²) in [7, 11) is 0. The van der Waals surface area contributed by atoms with E-state index in [4.69, 9.17) is 4.74 Å². The lowest BCUT2D eigenvalue weighted by atomic mass is 9.82. The summed E-state index contributed by atoms with van der Waals surface area (Å²) in [6.07, 6.45) is 9.80. The third-order valence-electron chi connectivity index (χ3n) is 3.97. The van der Waals surface area contributed by atoms with Gasteiger partial charge in [0.05, 0.1) is 6.10 Å². The molecule has 1 aliphatic carbocycles. The Morgan fingerprint density at radius 1 is 1.12 bits per heavy atom. The highest BCUT2D eigenvalue weighted by Crippen LogP contribution is 2.30. The zero-order valence-electron chi connectivity index (χ0n) is 12.0. The van der Waals surface area contributed by atoms with E-state index in [9.17, 15) is 0 Å². The van der Waals surface area contributed by atoms with Crippen molar-refractivity contribution in [3.8, 4) is 0 Å². The van der Waals surface area contributed by atoms with Gasteiger partial charge >= 0.3 is 0 Å². The zero-order chi connectivity index (χ0) is 12.5. The zero-order valence-corrected chi connectivity index (χ0v) is 12.0. The van der Waals surface area contributed by atoms with Crippen LogP contribution in [0.2, 0.25) is 0 Å². The second-order valence-electron chi connectivity index (χ2n) is 5.29. The molecule has 0 aromatic carbocycles. The van der Waals surface area contributed by atoms with Crippen molar-refractivity contribution >= 4 is 0 Å². The fourth-order valence-corrected chi connectivity index (χ4v) is 3.06. The van der Waals surface area contributed by atoms with E-state index in [1.54, 1.807) is 0 Å². The molecule has 17 heavy (non-hydrogen) atoms. The predicted octanol–water partition coefficient (Wildman–Crippen LogP) is 3.75. The number of hydrogen-bond acceptors (Lipinski definition) is 2. The molecule has 1 saturated carbocycles. The summed E-state index contributed by atoms with van der Waals surface area (Å²) < 4.78 is 6.07. The first-order valence-electron chi connectivity index (χ1n) is 7.68. The molecule has 0 radical (unpaired) electrons. The Kier molecular flexibility index (Phi) is 7.87. The Morgan fingerprint density at radius 3 is 2.35 bits per heavy atom. The van der Waals surface area contributed by atoms with Crippen molar-refractivity contribution in [2.75, 3.05) is 13.2 Å². The average molecular weight is 241 g/mol. The monoisotopic (exact) mass is 241 g/mol. The van der Waals surface area contributed by atoms with Crippen LogP contribution in [0, 0.1) is 5.92 Å². The minimum Gasteiger partial charge on any atom is -0.377 e. The predicted molar refractivity (Wildman–Crippen MR) is 74.4 cm³/mol. The minimum atomic E-state index is 0.442. The average Bonchev–Trinajstić information content (AvgIpc) is 2.39. The van der Waals surface area contributed by atoms with Crippen LogP contribution in [0.15, 0.2) is 0 Å². The van der Waals surface area contributed by atoms with Gasteiger partial charge < -0.3 is 10.1 Å². The summed E-state index contributed by atoms with van der Waals surface area (Å²) in [5, 5.41) is 3.68. The Morgan fingerprint density at radius 2 is 1.82 bits per heavy atom. The van der Waals surface area contributed by atoms with Crippen LogP contribution in [0.3, 0.4) is 0 Å². The Bertz CT molecular complexity index is 178. The van der Waals surface area contributed by atoms with Crippen molar-refractivity contribution < 1.29 is 4.74 Å². The summed E-state index contributed by atoms with van der Waals surface area (Å²) in [6.45, 7) is 8.61. The molecule has 0 spiro atoms. The third-order valence-corrected chi connectivity index (χ3v) is 3.97. The molecule has 0 amide bonds. The second kappa shape index (κ2) is 8.93. The summed E-state index contributed by atoms with van der Waals surface area (Å²) >= 11 is 0. The normalized spacial score (nSPS) is 21.4. The van der Waals surface area contributed by atoms with Gasteiger partial charge in [-0.2, -0.15) is 0 Å². The molecule has 0 heterocycles. The number of rotatable bonds is 8. The van der Waals surface area contributed by atoms with Gasteiger partial charge in [0.15, 0.2) is 0 Å². The lowest BCUT2D eigenvalue weighted by molar-refractivity contribution is -0.0182. The van der Waals surface area contributed by atoms with Crippen molar-refractivity contribution in [1.82, 2.24) is 5.32 Å². The Balaban J connectivity index is 2.53. The van der Waals surface area contributed by atoms with Crippen molar-refractivity contribution in [1.29, 1.82) is 0 Å². The van der Waals surface area contributed by atoms with Gasteiger partial charge in [-0.1, -0.05) is 33.1 Å². The molecule has 2 unspecified atom stereocenters. The van der Waals surface area contributed by atoms with E-state index in [1.807, 2.05) is 0 Å². The maximum atomic E-state index is 6.07. The largest absolute Gasteiger partial charge is 0.377 e. The first kappa shape index (κ1) is 15.0. The standard InChI is InChI=1S/C15H31NO/c1-4-12-16-14(5-2)15(17-6-3)13-10-8-7-9-11-13/h13-16H,4-12H2,1-3H3. The molecule has 1 fully saturated rings. The maximum Gasteiger partial charge on any atom is 0.0755 e. The topological polar surface area (TPSA) is 21.3 Å². The smallest absolute Gasteiger partial charge is 0.0755 e. The summed E-state index contributed by atoms with van der Waals surface area (Å²) in [6, 6.07) is 0.554. The van der Waals surface area contributed by atoms with Crippen LogP contribution in [-0.2, 0) is 4.74 Å². The number of nitrogens with one attached hydrogen (secondary N) is 1. The molecule has 0 aromatic rings. The molecule has 2 atom stereocenters. The van der Waals surface area contributed by atoms with Crippen LogP contribution in [0.4, 0.5) is 0 Å². The summed E-state index contributed by atoms with van der Waals surface area (Å²) in [5.41, 5.74) is 0. The van der Waals surface area contributed by atoms with Crippen molar-refractivity contribution in [3.63, 3.8) is 0 Å². The molecule has 0 saturated heterocycles. The molecular formula is C15H31NO. The first-order chi connectivity index (χ1) is 8.33. The van der Waals surface area contributed by atoms with E-state index in [1.165, 1.54) is 44.9 Å². The highest BCUT2D eigenvalue weighted by molar-refractivity contribution is 4.84. The van der Waals surface area contributed by atoms with Gasteiger partial charge in [0.25, 0.3) is 0 Å². The fraction of sp³-hybridized carbons (Fsp3) is 1.00. The molecule has 102 valence electrons. The molecule has 0 bridgehead atoms. The van der Waals surface area contributed by atoms with Crippen LogP contribution in [0.25, 0.3) is 0 Å². The van der Waals surface area contributed by atoms with E-state index >= 15 is 0 Å². The van der Waals surface area contributed by atoms with Crippen molar-refractivity contribution in [2.24, 2.45) is 5.92 Å². The van der Waals surface area contributed by atoms with Gasteiger partial charge in [-0.25, -0.2) is 0 Å². The van der Waals surface area contributed by atoms with Crippen LogP contribution >= 0.6 is 0 Å². The van der Waals surface area contributed by atoms with Crippen LogP contribution in [-0.4, -0.2) is 25.3 Å². The van der Waals surface area contributed by atoms with Gasteiger partial charge in [-0.15, -0.1) is 0 Å². The lowest BCUT2D eigenvalue weighted by Crippen LogP contribution is -2.46. The van der Waals surface area contributed by atoms with Crippen LogP contribution < -0.4 is 5.32 Å². The number of ether oxygens (including phenoxy) is 1. The minimum absolute atomic E-state index is 0.442. The van der Waals surface area contributed by atoms with E-state index in [2.05, 4.69) is 26.1 Å². The van der Waals surface area contributed by atoms with Gasteiger partial charge in [0, 0.05) is 12.6 Å². The highest BCUT2D eigenvalue weighted by atomic mass is 16.5. The van der Waals surface area contributed by atoms with Gasteiger partial charge in [0.2, 0.25) is 0 Å². The van der Waals surface area contributed by atoms with Gasteiger partial charge in [-0.3, -0.25) is 0 Å². The molecular weight excluding hydrogens is 210 g/mol. The van der Waals surface area contributed by atoms with Gasteiger partial charge in [-0.05, 0) is 45.1 Å². The molecule has 1 rings (SSSR count). The molecule has 0 aromatic heterocycles. The third kappa shape index (κ3) is 4.97. The van der Waals surface area contributed by atoms with E-state index in [-0.39, 0.29) is 0 Å². The fourth-order valence-electron chi connectivity index (χ4n) is 3.06. The highest BCUT2D eigenvalue weighted by Gasteiger charge is 2.29. The SMILES string of the molecule is CCCNC(CC)C(OCC)C1CCCCC1. The summed E-state index contributed by atoms with van der Waals surface area (Å²) in [5.74, 6) is 0.790. The van der Waals surface area contributed by atoms with Crippen LogP contribution in [0.5, 0.6) is 0 Å². The van der Waals surface area contributed by atoms with E-state index in [0.717, 1.165) is 19.1 Å². The Labute approximate surface area is 108 Å². The Hall–Kier alpha value is -0.0800. The van der Waals surface area contributed by atoms with Gasteiger partial charge in [0.1, 0.15) is 0 Å². The quantitative estimate of drug-likeness (QED) is 0.699. The summed E-state index contributed by atoms with van der Waals surface area (Å²) in [4.78, 5) is 0. The first-order valence-corrected chi connectivity index (χ1v) is 7.68. The number of hydrogen-bond donors (Lipinski definition) is 1. The van der Waals surface area contributed by atoms with E-state index in [0.29, 0.717) is 12.1 Å². The van der Waals surface area contributed by atoms with Crippen molar-refractivity contribution in [2.45, 2.75) is 77.9 Å². The molecule has 0 aliphatic heterocycles. The molecule has 2 nitrogen and oxygen atoms in total. The molecule has 1 N–H and O–H groups in total.